The first-order valence-corrected chi connectivity index (χ1v) is 9.41. The predicted octanol–water partition coefficient (Wildman–Crippen LogP) is 4.50. The lowest BCUT2D eigenvalue weighted by molar-refractivity contribution is 0.0375. The minimum Gasteiger partial charge on any atom is -0.462 e. The van der Waals surface area contributed by atoms with E-state index in [-0.39, 0.29) is 23.0 Å². The molecule has 1 atom stereocenters. The summed E-state index contributed by atoms with van der Waals surface area (Å²) < 4.78 is 15.9. The number of unbranched alkanes of at least 4 members (excludes halogenated alkanes) is 1. The highest BCUT2D eigenvalue weighted by Crippen LogP contribution is 2.17. The van der Waals surface area contributed by atoms with Crippen LogP contribution in [0, 0.1) is 11.8 Å². The predicted molar refractivity (Wildman–Crippen MR) is 101 cm³/mol. The molecule has 26 heavy (non-hydrogen) atoms. The van der Waals surface area contributed by atoms with Crippen molar-refractivity contribution in [2.75, 3.05) is 26.9 Å². The van der Waals surface area contributed by atoms with Crippen molar-refractivity contribution in [1.29, 1.82) is 0 Å². The van der Waals surface area contributed by atoms with Crippen molar-refractivity contribution in [2.24, 2.45) is 11.8 Å². The monoisotopic (exact) mass is 364 g/mol. The van der Waals surface area contributed by atoms with Gasteiger partial charge < -0.3 is 14.2 Å². The molecule has 0 aromatic heterocycles. The smallest absolute Gasteiger partial charge is 0.339 e. The van der Waals surface area contributed by atoms with Crippen LogP contribution < -0.4 is 0 Å². The molecule has 0 aliphatic rings. The minimum atomic E-state index is -0.492. The van der Waals surface area contributed by atoms with Gasteiger partial charge in [-0.2, -0.15) is 0 Å². The molecule has 1 unspecified atom stereocenters. The topological polar surface area (TPSA) is 61.8 Å². The van der Waals surface area contributed by atoms with E-state index < -0.39 is 11.9 Å². The fourth-order valence-electron chi connectivity index (χ4n) is 2.52. The summed E-state index contributed by atoms with van der Waals surface area (Å²) in [7, 11) is 1.67. The zero-order chi connectivity index (χ0) is 19.4. The van der Waals surface area contributed by atoms with E-state index in [0.717, 1.165) is 25.7 Å². The Hall–Kier alpha value is -1.88. The Morgan fingerprint density at radius 1 is 0.962 bits per heavy atom. The average molecular weight is 364 g/mol. The van der Waals surface area contributed by atoms with Gasteiger partial charge in [0.1, 0.15) is 0 Å². The van der Waals surface area contributed by atoms with Gasteiger partial charge in [-0.05, 0) is 36.8 Å². The van der Waals surface area contributed by atoms with E-state index in [2.05, 4.69) is 6.92 Å². The summed E-state index contributed by atoms with van der Waals surface area (Å²) in [6.45, 7) is 7.35. The molecule has 0 aliphatic carbocycles. The fraction of sp³-hybridized carbons (Fsp3) is 0.619. The molecule has 1 aromatic rings. The maximum Gasteiger partial charge on any atom is 0.339 e. The molecule has 146 valence electrons. The van der Waals surface area contributed by atoms with Crippen LogP contribution in [0.4, 0.5) is 0 Å². The van der Waals surface area contributed by atoms with Crippen LogP contribution in [-0.2, 0) is 14.2 Å². The molecule has 0 saturated carbocycles. The number of rotatable bonds is 12. The number of carbonyl (C=O) groups excluding carboxylic acids is 2. The highest BCUT2D eigenvalue weighted by atomic mass is 16.5. The SMILES string of the molecule is CCCCC(CCOC)COC(=O)c1ccccc1C(=O)OCC(C)C. The molecule has 0 heterocycles. The molecule has 0 spiro atoms. The van der Waals surface area contributed by atoms with E-state index in [4.69, 9.17) is 14.2 Å². The van der Waals surface area contributed by atoms with E-state index in [9.17, 15) is 9.59 Å². The molecule has 1 aromatic carbocycles. The first-order valence-electron chi connectivity index (χ1n) is 9.41. The second kappa shape index (κ2) is 12.5. The Morgan fingerprint density at radius 2 is 1.54 bits per heavy atom. The normalized spacial score (nSPS) is 12.0. The van der Waals surface area contributed by atoms with Crippen molar-refractivity contribution in [1.82, 2.24) is 0 Å². The molecular formula is C21H32O5. The molecule has 5 heteroatoms. The molecule has 5 nitrogen and oxygen atoms in total. The van der Waals surface area contributed by atoms with Crippen LogP contribution >= 0.6 is 0 Å². The second-order valence-corrected chi connectivity index (χ2v) is 6.93. The Balaban J connectivity index is 2.72. The van der Waals surface area contributed by atoms with Crippen molar-refractivity contribution in [2.45, 2.75) is 46.5 Å². The third-order valence-electron chi connectivity index (χ3n) is 4.06. The lowest BCUT2D eigenvalue weighted by Crippen LogP contribution is -2.19. The summed E-state index contributed by atoms with van der Waals surface area (Å²) in [6.07, 6.45) is 4.03. The molecule has 0 radical (unpaired) electrons. The van der Waals surface area contributed by atoms with Crippen molar-refractivity contribution >= 4 is 11.9 Å². The first-order chi connectivity index (χ1) is 12.5. The van der Waals surface area contributed by atoms with Crippen LogP contribution in [0.15, 0.2) is 24.3 Å². The Morgan fingerprint density at radius 3 is 2.04 bits per heavy atom. The van der Waals surface area contributed by atoms with Gasteiger partial charge in [0.2, 0.25) is 0 Å². The van der Waals surface area contributed by atoms with E-state index in [1.807, 2.05) is 13.8 Å². The van der Waals surface area contributed by atoms with E-state index in [1.165, 1.54) is 0 Å². The van der Waals surface area contributed by atoms with Crippen molar-refractivity contribution < 1.29 is 23.8 Å². The summed E-state index contributed by atoms with van der Waals surface area (Å²) >= 11 is 0. The second-order valence-electron chi connectivity index (χ2n) is 6.93. The highest BCUT2D eigenvalue weighted by Gasteiger charge is 2.20. The molecular weight excluding hydrogens is 332 g/mol. The minimum absolute atomic E-state index is 0.234. The summed E-state index contributed by atoms with van der Waals surface area (Å²) in [6, 6.07) is 6.63. The fourth-order valence-corrected chi connectivity index (χ4v) is 2.52. The van der Waals surface area contributed by atoms with Crippen LogP contribution in [0.2, 0.25) is 0 Å². The van der Waals surface area contributed by atoms with Crippen molar-refractivity contribution in [3.05, 3.63) is 35.4 Å². The Bertz CT molecular complexity index is 545. The van der Waals surface area contributed by atoms with E-state index >= 15 is 0 Å². The van der Waals surface area contributed by atoms with Gasteiger partial charge in [-0.25, -0.2) is 9.59 Å². The standard InChI is InChI=1S/C21H32O5/c1-5-6-9-17(12-13-24-4)15-26-21(23)19-11-8-7-10-18(19)20(22)25-14-16(2)3/h7-8,10-11,16-17H,5-6,9,12-15H2,1-4H3. The van der Waals surface area contributed by atoms with Crippen LogP contribution in [0.25, 0.3) is 0 Å². The summed E-state index contributed by atoms with van der Waals surface area (Å²) in [4.78, 5) is 24.7. The van der Waals surface area contributed by atoms with Crippen molar-refractivity contribution in [3.63, 3.8) is 0 Å². The third-order valence-corrected chi connectivity index (χ3v) is 4.06. The summed E-state index contributed by atoms with van der Waals surface area (Å²) in [5.74, 6) is -0.480. The largest absolute Gasteiger partial charge is 0.462 e. The molecule has 1 rings (SSSR count). The number of esters is 2. The highest BCUT2D eigenvalue weighted by molar-refractivity contribution is 6.03. The van der Waals surface area contributed by atoms with Gasteiger partial charge in [0.25, 0.3) is 0 Å². The lowest BCUT2D eigenvalue weighted by atomic mass is 10.00. The van der Waals surface area contributed by atoms with Crippen LogP contribution in [0.1, 0.15) is 67.2 Å². The maximum absolute atomic E-state index is 12.5. The molecule has 0 amide bonds. The van der Waals surface area contributed by atoms with Crippen LogP contribution in [-0.4, -0.2) is 38.9 Å². The lowest BCUT2D eigenvalue weighted by Gasteiger charge is -2.17. The van der Waals surface area contributed by atoms with Gasteiger partial charge in [-0.1, -0.05) is 45.7 Å². The zero-order valence-electron chi connectivity index (χ0n) is 16.5. The van der Waals surface area contributed by atoms with Crippen molar-refractivity contribution in [3.8, 4) is 0 Å². The molecule has 0 N–H and O–H groups in total. The maximum atomic E-state index is 12.5. The summed E-state index contributed by atoms with van der Waals surface area (Å²) in [5.41, 5.74) is 0.502. The molecule has 0 saturated heterocycles. The summed E-state index contributed by atoms with van der Waals surface area (Å²) in [5, 5.41) is 0. The number of hydrogen-bond acceptors (Lipinski definition) is 5. The van der Waals surface area contributed by atoms with Gasteiger partial charge in [-0.3, -0.25) is 0 Å². The Labute approximate surface area is 157 Å². The third kappa shape index (κ3) is 8.00. The van der Waals surface area contributed by atoms with Gasteiger partial charge in [0.15, 0.2) is 0 Å². The molecule has 0 fully saturated rings. The number of ether oxygens (including phenoxy) is 3. The van der Waals surface area contributed by atoms with Crippen LogP contribution in [0.5, 0.6) is 0 Å². The van der Waals surface area contributed by atoms with E-state index in [0.29, 0.717) is 19.8 Å². The van der Waals surface area contributed by atoms with Gasteiger partial charge in [0, 0.05) is 13.7 Å². The first kappa shape index (κ1) is 22.2. The van der Waals surface area contributed by atoms with Gasteiger partial charge in [0.05, 0.1) is 24.3 Å². The number of carbonyl (C=O) groups is 2. The van der Waals surface area contributed by atoms with Gasteiger partial charge in [-0.15, -0.1) is 0 Å². The van der Waals surface area contributed by atoms with E-state index in [1.54, 1.807) is 31.4 Å². The average Bonchev–Trinajstić information content (AvgIpc) is 2.65. The zero-order valence-corrected chi connectivity index (χ0v) is 16.5. The quantitative estimate of drug-likeness (QED) is 0.511. The van der Waals surface area contributed by atoms with Gasteiger partial charge >= 0.3 is 11.9 Å². The molecule has 0 aliphatic heterocycles. The van der Waals surface area contributed by atoms with Crippen LogP contribution in [0.3, 0.4) is 0 Å². The number of benzene rings is 1. The molecule has 0 bridgehead atoms. The number of methoxy groups -OCH3 is 1. The number of hydrogen-bond donors (Lipinski definition) is 0. The Kier molecular flexibility index (Phi) is 10.6.